The highest BCUT2D eigenvalue weighted by Crippen LogP contribution is 2.29. The third kappa shape index (κ3) is 2.85. The van der Waals surface area contributed by atoms with Crippen molar-refractivity contribution in [2.45, 2.75) is 22.7 Å². The molecule has 1 rings (SSSR count). The lowest BCUT2D eigenvalue weighted by molar-refractivity contribution is 0.228. The number of hydrogen-bond donors (Lipinski definition) is 1. The van der Waals surface area contributed by atoms with Crippen molar-refractivity contribution in [2.75, 3.05) is 0 Å². The molecule has 12 heavy (non-hydrogen) atoms. The second kappa shape index (κ2) is 3.86. The largest absolute Gasteiger partial charge is 0.470 e. The van der Waals surface area contributed by atoms with E-state index in [4.69, 9.17) is 44.9 Å². The molecule has 0 spiro atoms. The number of ether oxygens (including phenoxy) is 1. The van der Waals surface area contributed by atoms with Crippen LogP contribution in [-0.2, 0) is 4.74 Å². The van der Waals surface area contributed by atoms with Crippen LogP contribution < -0.4 is 0 Å². The van der Waals surface area contributed by atoms with Gasteiger partial charge in [0.25, 0.3) is 3.79 Å². The highest BCUT2D eigenvalue weighted by molar-refractivity contribution is 6.76. The monoisotopic (exact) mass is 227 g/mol. The summed E-state index contributed by atoms with van der Waals surface area (Å²) in [7, 11) is 0. The first kappa shape index (κ1) is 10.2. The molecule has 0 aliphatic heterocycles. The molecule has 0 bridgehead atoms. The minimum Gasteiger partial charge on any atom is -0.470 e. The Morgan fingerprint density at radius 3 is 2.58 bits per heavy atom. The van der Waals surface area contributed by atoms with Crippen molar-refractivity contribution < 1.29 is 4.74 Å². The normalized spacial score (nSPS) is 22.8. The van der Waals surface area contributed by atoms with Crippen molar-refractivity contribution in [3.63, 3.8) is 0 Å². The van der Waals surface area contributed by atoms with Crippen LogP contribution in [0.15, 0.2) is 12.2 Å². The number of alkyl halides is 3. The van der Waals surface area contributed by atoms with Crippen LogP contribution in [0.4, 0.5) is 0 Å². The maximum absolute atomic E-state index is 7.25. The van der Waals surface area contributed by atoms with Crippen LogP contribution in [-0.4, -0.2) is 15.8 Å². The van der Waals surface area contributed by atoms with Gasteiger partial charge >= 0.3 is 0 Å². The fourth-order valence-electron chi connectivity index (χ4n) is 0.921. The van der Waals surface area contributed by atoms with E-state index in [0.29, 0.717) is 0 Å². The summed E-state index contributed by atoms with van der Waals surface area (Å²) in [6, 6.07) is 0. The van der Waals surface area contributed by atoms with Crippen molar-refractivity contribution in [1.82, 2.24) is 0 Å². The zero-order valence-electron chi connectivity index (χ0n) is 6.19. The molecule has 68 valence electrons. The van der Waals surface area contributed by atoms with Crippen LogP contribution >= 0.6 is 34.8 Å². The van der Waals surface area contributed by atoms with Crippen molar-refractivity contribution in [3.8, 4) is 0 Å². The Labute approximate surface area is 85.9 Å². The maximum atomic E-state index is 7.25. The Hall–Kier alpha value is 0.0800. The summed E-state index contributed by atoms with van der Waals surface area (Å²) >= 11 is 16.3. The second-order valence-corrected chi connectivity index (χ2v) is 4.77. The van der Waals surface area contributed by atoms with Crippen molar-refractivity contribution in [2.24, 2.45) is 0 Å². The summed E-state index contributed by atoms with van der Waals surface area (Å²) in [6.07, 6.45) is 5.55. The maximum Gasteiger partial charge on any atom is 0.265 e. The Morgan fingerprint density at radius 1 is 1.50 bits per heavy atom. The third-order valence-electron chi connectivity index (χ3n) is 1.50. The number of nitrogens with one attached hydrogen (secondary N) is 1. The zero-order valence-corrected chi connectivity index (χ0v) is 8.46. The first-order chi connectivity index (χ1) is 5.50. The van der Waals surface area contributed by atoms with E-state index in [1.54, 1.807) is 0 Å². The van der Waals surface area contributed by atoms with Crippen LogP contribution in [0, 0.1) is 5.41 Å². The van der Waals surface area contributed by atoms with Gasteiger partial charge in [0.1, 0.15) is 6.10 Å². The molecule has 0 aromatic rings. The molecular weight excluding hydrogens is 220 g/mol. The van der Waals surface area contributed by atoms with E-state index in [9.17, 15) is 0 Å². The zero-order chi connectivity index (χ0) is 9.19. The lowest BCUT2D eigenvalue weighted by Gasteiger charge is -2.17. The number of rotatable bonds is 1. The lowest BCUT2D eigenvalue weighted by Crippen LogP contribution is -2.25. The van der Waals surface area contributed by atoms with Crippen LogP contribution in [0.25, 0.3) is 0 Å². The highest BCUT2D eigenvalue weighted by Gasteiger charge is 2.30. The topological polar surface area (TPSA) is 33.1 Å². The average molecular weight is 229 g/mol. The summed E-state index contributed by atoms with van der Waals surface area (Å²) in [4.78, 5) is 0. The van der Waals surface area contributed by atoms with Gasteiger partial charge in [0, 0.05) is 0 Å². The van der Waals surface area contributed by atoms with E-state index >= 15 is 0 Å². The Balaban J connectivity index is 2.41. The van der Waals surface area contributed by atoms with Gasteiger partial charge < -0.3 is 4.74 Å². The Kier molecular flexibility index (Phi) is 3.27. The SMILES string of the molecule is N=C(OC1C=CCC1)C(Cl)(Cl)Cl. The highest BCUT2D eigenvalue weighted by atomic mass is 35.6. The van der Waals surface area contributed by atoms with Gasteiger partial charge in [-0.2, -0.15) is 0 Å². The van der Waals surface area contributed by atoms with Gasteiger partial charge in [0.15, 0.2) is 0 Å². The fraction of sp³-hybridized carbons (Fsp3) is 0.571. The molecule has 1 unspecified atom stereocenters. The molecule has 2 nitrogen and oxygen atoms in total. The standard InChI is InChI=1S/C7H8Cl3NO/c8-7(9,10)6(11)12-5-3-1-2-4-5/h1,3,5,11H,2,4H2. The van der Waals surface area contributed by atoms with E-state index in [1.807, 2.05) is 12.2 Å². The van der Waals surface area contributed by atoms with E-state index in [1.165, 1.54) is 0 Å². The van der Waals surface area contributed by atoms with E-state index in [-0.39, 0.29) is 12.0 Å². The minimum absolute atomic E-state index is 0.104. The summed E-state index contributed by atoms with van der Waals surface area (Å²) in [5.41, 5.74) is 0. The lowest BCUT2D eigenvalue weighted by atomic mass is 10.3. The quantitative estimate of drug-likeness (QED) is 0.318. The summed E-state index contributed by atoms with van der Waals surface area (Å²) in [5.74, 6) is -0.316. The third-order valence-corrected chi connectivity index (χ3v) is 2.01. The van der Waals surface area contributed by atoms with Crippen molar-refractivity contribution >= 4 is 40.7 Å². The van der Waals surface area contributed by atoms with Gasteiger partial charge in [0.2, 0.25) is 5.90 Å². The molecule has 0 radical (unpaired) electrons. The van der Waals surface area contributed by atoms with E-state index < -0.39 is 3.79 Å². The fourth-order valence-corrected chi connectivity index (χ4v) is 1.05. The van der Waals surface area contributed by atoms with Crippen LogP contribution in [0.5, 0.6) is 0 Å². The van der Waals surface area contributed by atoms with Gasteiger partial charge in [-0.05, 0) is 18.9 Å². The smallest absolute Gasteiger partial charge is 0.265 e. The predicted molar refractivity (Wildman–Crippen MR) is 51.3 cm³/mol. The molecule has 0 saturated carbocycles. The van der Waals surface area contributed by atoms with Crippen LogP contribution in [0.3, 0.4) is 0 Å². The molecule has 0 aromatic heterocycles. The molecule has 1 aliphatic rings. The van der Waals surface area contributed by atoms with Gasteiger partial charge in [-0.3, -0.25) is 5.41 Å². The van der Waals surface area contributed by atoms with E-state index in [0.717, 1.165) is 12.8 Å². The van der Waals surface area contributed by atoms with Crippen LogP contribution in [0.1, 0.15) is 12.8 Å². The second-order valence-electron chi connectivity index (χ2n) is 2.49. The number of hydrogen-bond acceptors (Lipinski definition) is 2. The average Bonchev–Trinajstić information content (AvgIpc) is 2.37. The van der Waals surface area contributed by atoms with Gasteiger partial charge in [0.05, 0.1) is 0 Å². The minimum atomic E-state index is -1.74. The summed E-state index contributed by atoms with van der Waals surface area (Å²) in [6.45, 7) is 0. The molecule has 1 N–H and O–H groups in total. The van der Waals surface area contributed by atoms with Crippen LogP contribution in [0.2, 0.25) is 0 Å². The van der Waals surface area contributed by atoms with Gasteiger partial charge in [-0.25, -0.2) is 0 Å². The Morgan fingerprint density at radius 2 is 2.17 bits per heavy atom. The van der Waals surface area contributed by atoms with Gasteiger partial charge in [-0.1, -0.05) is 40.9 Å². The number of allylic oxidation sites excluding steroid dienone is 1. The first-order valence-corrected chi connectivity index (χ1v) is 4.62. The first-order valence-electron chi connectivity index (χ1n) is 3.49. The molecule has 0 saturated heterocycles. The molecule has 1 aliphatic carbocycles. The summed E-state index contributed by atoms with van der Waals surface area (Å²) in [5, 5.41) is 7.25. The van der Waals surface area contributed by atoms with E-state index in [2.05, 4.69) is 0 Å². The van der Waals surface area contributed by atoms with Crippen molar-refractivity contribution in [3.05, 3.63) is 12.2 Å². The molecule has 0 heterocycles. The summed E-state index contributed by atoms with van der Waals surface area (Å²) < 4.78 is 3.34. The molecule has 0 aromatic carbocycles. The molecule has 5 heteroatoms. The predicted octanol–water partition coefficient (Wildman–Crippen LogP) is 3.07. The Bertz CT molecular complexity index is 209. The molecule has 0 fully saturated rings. The number of halogens is 3. The van der Waals surface area contributed by atoms with Crippen molar-refractivity contribution in [1.29, 1.82) is 5.41 Å². The molecular formula is C7H8Cl3NO. The molecule has 1 atom stereocenters. The van der Waals surface area contributed by atoms with Gasteiger partial charge in [-0.15, -0.1) is 0 Å². The molecule has 0 amide bonds.